The summed E-state index contributed by atoms with van der Waals surface area (Å²) in [5, 5.41) is 3.00. The first-order valence-electron chi connectivity index (χ1n) is 9.05. The van der Waals surface area contributed by atoms with Gasteiger partial charge in [-0.3, -0.25) is 9.59 Å². The number of piperidine rings is 1. The maximum absolute atomic E-state index is 12.4. The highest BCUT2D eigenvalue weighted by molar-refractivity contribution is 5.81. The van der Waals surface area contributed by atoms with Crippen LogP contribution in [0, 0.1) is 5.92 Å². The number of benzene rings is 2. The molecule has 2 amide bonds. The molecule has 0 saturated carbocycles. The highest BCUT2D eigenvalue weighted by atomic mass is 16.2. The Morgan fingerprint density at radius 2 is 1.62 bits per heavy atom. The summed E-state index contributed by atoms with van der Waals surface area (Å²) >= 11 is 0. The molecule has 0 radical (unpaired) electrons. The molecule has 5 heteroatoms. The van der Waals surface area contributed by atoms with Crippen LogP contribution in [0.3, 0.4) is 0 Å². The topological polar surface area (TPSA) is 75.4 Å². The van der Waals surface area contributed by atoms with E-state index in [9.17, 15) is 9.59 Å². The van der Waals surface area contributed by atoms with Gasteiger partial charge in [0.25, 0.3) is 0 Å². The van der Waals surface area contributed by atoms with E-state index in [0.717, 1.165) is 11.1 Å². The Labute approximate surface area is 154 Å². The maximum atomic E-state index is 12.4. The average Bonchev–Trinajstić information content (AvgIpc) is 2.69. The fourth-order valence-electron chi connectivity index (χ4n) is 3.24. The molecule has 1 fully saturated rings. The van der Waals surface area contributed by atoms with Crippen LogP contribution in [0.5, 0.6) is 0 Å². The molecule has 1 heterocycles. The molecule has 0 bridgehead atoms. The SMILES string of the molecule is Nc1ccc(CC(=O)N2CCC(C(=O)NCc3ccccc3)CC2)cc1. The van der Waals surface area contributed by atoms with Crippen molar-refractivity contribution in [3.8, 4) is 0 Å². The van der Waals surface area contributed by atoms with E-state index in [1.165, 1.54) is 0 Å². The number of amides is 2. The van der Waals surface area contributed by atoms with Crippen LogP contribution in [0.4, 0.5) is 5.69 Å². The molecule has 2 aromatic carbocycles. The molecular weight excluding hydrogens is 326 g/mol. The van der Waals surface area contributed by atoms with E-state index >= 15 is 0 Å². The first-order chi connectivity index (χ1) is 12.6. The number of nitrogen functional groups attached to an aromatic ring is 1. The van der Waals surface area contributed by atoms with Crippen molar-refractivity contribution in [1.29, 1.82) is 0 Å². The summed E-state index contributed by atoms with van der Waals surface area (Å²) in [6.45, 7) is 1.82. The molecule has 26 heavy (non-hydrogen) atoms. The lowest BCUT2D eigenvalue weighted by molar-refractivity contribution is -0.135. The van der Waals surface area contributed by atoms with Crippen LogP contribution < -0.4 is 11.1 Å². The van der Waals surface area contributed by atoms with Crippen molar-refractivity contribution >= 4 is 17.5 Å². The molecule has 1 aliphatic heterocycles. The van der Waals surface area contributed by atoms with Crippen molar-refractivity contribution in [3.05, 3.63) is 65.7 Å². The lowest BCUT2D eigenvalue weighted by Gasteiger charge is -2.31. The van der Waals surface area contributed by atoms with E-state index in [2.05, 4.69) is 5.32 Å². The molecule has 0 aromatic heterocycles. The summed E-state index contributed by atoms with van der Waals surface area (Å²) in [5.74, 6) is 0.177. The van der Waals surface area contributed by atoms with E-state index in [1.807, 2.05) is 59.5 Å². The van der Waals surface area contributed by atoms with E-state index in [-0.39, 0.29) is 17.7 Å². The predicted octanol–water partition coefficient (Wildman–Crippen LogP) is 2.37. The zero-order valence-electron chi connectivity index (χ0n) is 14.9. The number of nitrogens with zero attached hydrogens (tertiary/aromatic N) is 1. The quantitative estimate of drug-likeness (QED) is 0.812. The maximum Gasteiger partial charge on any atom is 0.226 e. The van der Waals surface area contributed by atoms with Crippen LogP contribution in [-0.2, 0) is 22.6 Å². The fourth-order valence-corrected chi connectivity index (χ4v) is 3.24. The minimum atomic E-state index is -0.0146. The van der Waals surface area contributed by atoms with E-state index in [0.29, 0.717) is 44.6 Å². The van der Waals surface area contributed by atoms with E-state index in [4.69, 9.17) is 5.73 Å². The number of hydrogen-bond donors (Lipinski definition) is 2. The highest BCUT2D eigenvalue weighted by Gasteiger charge is 2.27. The van der Waals surface area contributed by atoms with Crippen molar-refractivity contribution in [2.75, 3.05) is 18.8 Å². The monoisotopic (exact) mass is 351 g/mol. The number of nitrogens with one attached hydrogen (secondary N) is 1. The largest absolute Gasteiger partial charge is 0.399 e. The first kappa shape index (κ1) is 18.0. The minimum Gasteiger partial charge on any atom is -0.399 e. The Balaban J connectivity index is 1.43. The molecule has 0 aliphatic carbocycles. The van der Waals surface area contributed by atoms with Gasteiger partial charge in [0, 0.05) is 31.2 Å². The van der Waals surface area contributed by atoms with Gasteiger partial charge in [0.1, 0.15) is 0 Å². The van der Waals surface area contributed by atoms with Crippen molar-refractivity contribution in [1.82, 2.24) is 10.2 Å². The Morgan fingerprint density at radius 3 is 2.27 bits per heavy atom. The summed E-state index contributed by atoms with van der Waals surface area (Å²) in [7, 11) is 0. The van der Waals surface area contributed by atoms with Crippen molar-refractivity contribution in [2.45, 2.75) is 25.8 Å². The van der Waals surface area contributed by atoms with Gasteiger partial charge in [-0.15, -0.1) is 0 Å². The average molecular weight is 351 g/mol. The number of carbonyl (C=O) groups excluding carboxylic acids is 2. The summed E-state index contributed by atoms with van der Waals surface area (Å²) in [6, 6.07) is 17.3. The Morgan fingerprint density at radius 1 is 0.962 bits per heavy atom. The number of rotatable bonds is 5. The molecule has 5 nitrogen and oxygen atoms in total. The van der Waals surface area contributed by atoms with Crippen LogP contribution in [0.2, 0.25) is 0 Å². The Bertz CT molecular complexity index is 736. The minimum absolute atomic E-state index is 0.0146. The van der Waals surface area contributed by atoms with Gasteiger partial charge in [-0.05, 0) is 36.1 Å². The van der Waals surface area contributed by atoms with Crippen LogP contribution in [0.25, 0.3) is 0 Å². The molecule has 3 N–H and O–H groups in total. The molecule has 1 saturated heterocycles. The predicted molar refractivity (Wildman–Crippen MR) is 102 cm³/mol. The smallest absolute Gasteiger partial charge is 0.226 e. The molecule has 3 rings (SSSR count). The van der Waals surface area contributed by atoms with E-state index < -0.39 is 0 Å². The van der Waals surface area contributed by atoms with Gasteiger partial charge in [0.15, 0.2) is 0 Å². The first-order valence-corrected chi connectivity index (χ1v) is 9.05. The molecule has 2 aromatic rings. The molecule has 0 spiro atoms. The second-order valence-corrected chi connectivity index (χ2v) is 6.78. The zero-order valence-corrected chi connectivity index (χ0v) is 14.9. The lowest BCUT2D eigenvalue weighted by atomic mass is 9.95. The summed E-state index contributed by atoms with van der Waals surface area (Å²) in [5.41, 5.74) is 8.43. The molecule has 1 aliphatic rings. The second kappa shape index (κ2) is 8.52. The van der Waals surface area contributed by atoms with Crippen LogP contribution in [0.15, 0.2) is 54.6 Å². The zero-order chi connectivity index (χ0) is 18.4. The number of carbonyl (C=O) groups is 2. The third-order valence-corrected chi connectivity index (χ3v) is 4.86. The van der Waals surface area contributed by atoms with Crippen LogP contribution in [0.1, 0.15) is 24.0 Å². The number of likely N-dealkylation sites (tertiary alicyclic amines) is 1. The number of anilines is 1. The Kier molecular flexibility index (Phi) is 5.89. The van der Waals surface area contributed by atoms with Crippen molar-refractivity contribution in [2.24, 2.45) is 5.92 Å². The van der Waals surface area contributed by atoms with Gasteiger partial charge < -0.3 is 16.0 Å². The van der Waals surface area contributed by atoms with Gasteiger partial charge in [0.2, 0.25) is 11.8 Å². The summed E-state index contributed by atoms with van der Waals surface area (Å²) in [6.07, 6.45) is 1.81. The van der Waals surface area contributed by atoms with Gasteiger partial charge in [-0.2, -0.15) is 0 Å². The third-order valence-electron chi connectivity index (χ3n) is 4.86. The van der Waals surface area contributed by atoms with Crippen LogP contribution in [-0.4, -0.2) is 29.8 Å². The Hall–Kier alpha value is -2.82. The number of hydrogen-bond acceptors (Lipinski definition) is 3. The number of nitrogens with two attached hydrogens (primary N) is 1. The van der Waals surface area contributed by atoms with Crippen molar-refractivity contribution < 1.29 is 9.59 Å². The van der Waals surface area contributed by atoms with Gasteiger partial charge in [-0.1, -0.05) is 42.5 Å². The van der Waals surface area contributed by atoms with Gasteiger partial charge in [-0.25, -0.2) is 0 Å². The van der Waals surface area contributed by atoms with Gasteiger partial charge >= 0.3 is 0 Å². The lowest BCUT2D eigenvalue weighted by Crippen LogP contribution is -2.43. The summed E-state index contributed by atoms with van der Waals surface area (Å²) < 4.78 is 0. The molecule has 136 valence electrons. The van der Waals surface area contributed by atoms with Crippen molar-refractivity contribution in [3.63, 3.8) is 0 Å². The third kappa shape index (κ3) is 4.85. The normalized spacial score (nSPS) is 14.8. The van der Waals surface area contributed by atoms with Crippen LogP contribution >= 0.6 is 0 Å². The highest BCUT2D eigenvalue weighted by Crippen LogP contribution is 2.19. The molecule has 0 atom stereocenters. The fraction of sp³-hybridized carbons (Fsp3) is 0.333. The van der Waals surface area contributed by atoms with E-state index in [1.54, 1.807) is 0 Å². The van der Waals surface area contributed by atoms with Gasteiger partial charge in [0.05, 0.1) is 6.42 Å². The molecule has 0 unspecified atom stereocenters. The molecular formula is C21H25N3O2. The summed E-state index contributed by atoms with van der Waals surface area (Å²) in [4.78, 5) is 26.6. The standard InChI is InChI=1S/C21H25N3O2/c22-19-8-6-16(7-9-19)14-20(25)24-12-10-18(11-13-24)21(26)23-15-17-4-2-1-3-5-17/h1-9,18H,10-15,22H2,(H,23,26). The second-order valence-electron chi connectivity index (χ2n) is 6.78.